The Balaban J connectivity index is 2.98. The first kappa shape index (κ1) is 16.4. The van der Waals surface area contributed by atoms with Gasteiger partial charge in [-0.3, -0.25) is 15.4 Å². The van der Waals surface area contributed by atoms with E-state index in [1.165, 1.54) is 6.07 Å². The Morgan fingerprint density at radius 2 is 2.00 bits per heavy atom. The number of carbonyl (C=O) groups excluding carboxylic acids is 1. The van der Waals surface area contributed by atoms with Crippen LogP contribution >= 0.6 is 0 Å². The molecule has 114 valence electrons. The second kappa shape index (κ2) is 6.21. The molecule has 0 fully saturated rings. The van der Waals surface area contributed by atoms with Gasteiger partial charge in [0.1, 0.15) is 5.69 Å². The van der Waals surface area contributed by atoms with Gasteiger partial charge >= 0.3 is 6.03 Å². The van der Waals surface area contributed by atoms with Crippen molar-refractivity contribution < 1.29 is 9.72 Å². The lowest BCUT2D eigenvalue weighted by atomic mass is 10.1. The number of nitrogens with two attached hydrogens (primary N) is 1. The lowest BCUT2D eigenvalue weighted by Crippen LogP contribution is -2.50. The molecule has 8 heteroatoms. The molecule has 0 atom stereocenters. The van der Waals surface area contributed by atoms with Crippen molar-refractivity contribution in [2.45, 2.75) is 33.2 Å². The Morgan fingerprint density at radius 1 is 1.38 bits per heavy atom. The number of nitro benzene ring substituents is 1. The van der Waals surface area contributed by atoms with E-state index in [0.29, 0.717) is 5.56 Å². The van der Waals surface area contributed by atoms with Crippen LogP contribution in [0, 0.1) is 17.0 Å². The number of guanidine groups is 1. The number of rotatable bonds is 2. The highest BCUT2D eigenvalue weighted by Gasteiger charge is 2.17. The first-order chi connectivity index (χ1) is 9.60. The van der Waals surface area contributed by atoms with Crippen molar-refractivity contribution >= 4 is 23.4 Å². The van der Waals surface area contributed by atoms with Crippen molar-refractivity contribution in [3.63, 3.8) is 0 Å². The number of amides is 2. The first-order valence-electron chi connectivity index (χ1n) is 6.27. The summed E-state index contributed by atoms with van der Waals surface area (Å²) in [7, 11) is 0. The Hall–Kier alpha value is -2.64. The zero-order chi connectivity index (χ0) is 16.2. The fourth-order valence-corrected chi connectivity index (χ4v) is 1.57. The van der Waals surface area contributed by atoms with Gasteiger partial charge in [-0.1, -0.05) is 12.1 Å². The Bertz CT molecular complexity index is 590. The van der Waals surface area contributed by atoms with Gasteiger partial charge in [-0.2, -0.15) is 0 Å². The van der Waals surface area contributed by atoms with Gasteiger partial charge in [-0.25, -0.2) is 9.79 Å². The monoisotopic (exact) mass is 293 g/mol. The van der Waals surface area contributed by atoms with E-state index in [-0.39, 0.29) is 17.3 Å². The highest BCUT2D eigenvalue weighted by molar-refractivity contribution is 5.97. The summed E-state index contributed by atoms with van der Waals surface area (Å²) < 4.78 is 0. The van der Waals surface area contributed by atoms with Crippen LogP contribution in [0.25, 0.3) is 0 Å². The van der Waals surface area contributed by atoms with E-state index in [1.54, 1.807) is 19.1 Å². The summed E-state index contributed by atoms with van der Waals surface area (Å²) in [5.41, 5.74) is 5.73. The van der Waals surface area contributed by atoms with Crippen LogP contribution < -0.4 is 16.4 Å². The molecule has 0 radical (unpaired) electrons. The van der Waals surface area contributed by atoms with Gasteiger partial charge in [-0.05, 0) is 33.3 Å². The van der Waals surface area contributed by atoms with Crippen LogP contribution in [0.5, 0.6) is 0 Å². The molecule has 0 saturated heterocycles. The minimum atomic E-state index is -0.547. The summed E-state index contributed by atoms with van der Waals surface area (Å²) >= 11 is 0. The number of nitro groups is 1. The third kappa shape index (κ3) is 5.09. The molecule has 0 bridgehead atoms. The predicted octanol–water partition coefficient (Wildman–Crippen LogP) is 1.95. The normalized spacial score (nSPS) is 11.9. The number of carbonyl (C=O) groups is 1. The highest BCUT2D eigenvalue weighted by Crippen LogP contribution is 2.30. The number of nitrogens with one attached hydrogen (secondary N) is 2. The second-order valence-electron chi connectivity index (χ2n) is 5.53. The predicted molar refractivity (Wildman–Crippen MR) is 80.5 cm³/mol. The molecule has 0 aliphatic rings. The standard InChI is InChI=1S/C13H19N5O3/c1-8-6-5-7-9(18(20)21)10(8)15-11(14)16-12(19)17-13(2,3)4/h5-7H,1-4H3,(H4,14,15,16,17,19). The van der Waals surface area contributed by atoms with Gasteiger partial charge in [-0.15, -0.1) is 0 Å². The largest absolute Gasteiger partial charge is 0.369 e. The fraction of sp³-hybridized carbons (Fsp3) is 0.385. The van der Waals surface area contributed by atoms with Crippen molar-refractivity contribution in [3.8, 4) is 0 Å². The fourth-order valence-electron chi connectivity index (χ4n) is 1.57. The van der Waals surface area contributed by atoms with Gasteiger partial charge in [0.05, 0.1) is 4.92 Å². The molecule has 0 unspecified atom stereocenters. The second-order valence-corrected chi connectivity index (χ2v) is 5.53. The molecule has 0 aliphatic heterocycles. The van der Waals surface area contributed by atoms with E-state index < -0.39 is 16.5 Å². The number of para-hydroxylation sites is 1. The number of aryl methyl sites for hydroxylation is 1. The molecule has 2 amide bonds. The van der Waals surface area contributed by atoms with E-state index in [1.807, 2.05) is 20.8 Å². The molecule has 1 aromatic rings. The van der Waals surface area contributed by atoms with Crippen molar-refractivity contribution in [1.29, 1.82) is 0 Å². The lowest BCUT2D eigenvalue weighted by Gasteiger charge is -2.20. The van der Waals surface area contributed by atoms with Crippen LogP contribution in [0.15, 0.2) is 23.2 Å². The summed E-state index contributed by atoms with van der Waals surface area (Å²) in [6, 6.07) is 4.03. The Labute approximate surface area is 122 Å². The Kier molecular flexibility index (Phi) is 4.85. The SMILES string of the molecule is Cc1cccc([N+](=O)[O-])c1N=C(N)NC(=O)NC(C)(C)C. The number of benzene rings is 1. The van der Waals surface area contributed by atoms with Crippen LogP contribution in [0.3, 0.4) is 0 Å². The third-order valence-corrected chi connectivity index (χ3v) is 2.38. The maximum Gasteiger partial charge on any atom is 0.321 e. The van der Waals surface area contributed by atoms with E-state index in [4.69, 9.17) is 5.73 Å². The molecule has 0 saturated carbocycles. The van der Waals surface area contributed by atoms with Gasteiger partial charge in [0.25, 0.3) is 5.69 Å². The van der Waals surface area contributed by atoms with Crippen LogP contribution in [-0.4, -0.2) is 22.5 Å². The lowest BCUT2D eigenvalue weighted by molar-refractivity contribution is -0.384. The third-order valence-electron chi connectivity index (χ3n) is 2.38. The number of hydrogen-bond donors (Lipinski definition) is 3. The maximum atomic E-state index is 11.6. The van der Waals surface area contributed by atoms with Crippen LogP contribution in [0.4, 0.5) is 16.2 Å². The smallest absolute Gasteiger partial charge is 0.321 e. The molecule has 0 aromatic heterocycles. The Morgan fingerprint density at radius 3 is 2.52 bits per heavy atom. The zero-order valence-corrected chi connectivity index (χ0v) is 12.4. The van der Waals surface area contributed by atoms with E-state index in [0.717, 1.165) is 0 Å². The molecule has 4 N–H and O–H groups in total. The first-order valence-corrected chi connectivity index (χ1v) is 6.27. The number of urea groups is 1. The van der Waals surface area contributed by atoms with Gasteiger partial charge in [0.2, 0.25) is 5.96 Å². The quantitative estimate of drug-likeness (QED) is 0.334. The van der Waals surface area contributed by atoms with Gasteiger partial charge in [0, 0.05) is 11.6 Å². The van der Waals surface area contributed by atoms with Crippen LogP contribution in [0.2, 0.25) is 0 Å². The summed E-state index contributed by atoms with van der Waals surface area (Å²) in [5, 5.41) is 15.9. The number of nitrogens with zero attached hydrogens (tertiary/aromatic N) is 2. The van der Waals surface area contributed by atoms with Crippen molar-refractivity contribution in [3.05, 3.63) is 33.9 Å². The van der Waals surface area contributed by atoms with E-state index in [2.05, 4.69) is 15.6 Å². The minimum Gasteiger partial charge on any atom is -0.369 e. The average molecular weight is 293 g/mol. The topological polar surface area (TPSA) is 123 Å². The highest BCUT2D eigenvalue weighted by atomic mass is 16.6. The van der Waals surface area contributed by atoms with Crippen molar-refractivity contribution in [2.75, 3.05) is 0 Å². The molecule has 1 rings (SSSR count). The van der Waals surface area contributed by atoms with Crippen LogP contribution in [-0.2, 0) is 0 Å². The minimum absolute atomic E-state index is 0.121. The van der Waals surface area contributed by atoms with Crippen molar-refractivity contribution in [2.24, 2.45) is 10.7 Å². The number of hydrogen-bond acceptors (Lipinski definition) is 4. The molecule has 0 aliphatic carbocycles. The zero-order valence-electron chi connectivity index (χ0n) is 12.4. The summed E-state index contributed by atoms with van der Waals surface area (Å²) in [6.45, 7) is 7.11. The van der Waals surface area contributed by atoms with Crippen LogP contribution in [0.1, 0.15) is 26.3 Å². The summed E-state index contributed by atoms with van der Waals surface area (Å²) in [6.07, 6.45) is 0. The summed E-state index contributed by atoms with van der Waals surface area (Å²) in [4.78, 5) is 26.0. The molecule has 1 aromatic carbocycles. The van der Waals surface area contributed by atoms with Crippen molar-refractivity contribution in [1.82, 2.24) is 10.6 Å². The van der Waals surface area contributed by atoms with Gasteiger partial charge < -0.3 is 11.1 Å². The van der Waals surface area contributed by atoms with Gasteiger partial charge in [0.15, 0.2) is 0 Å². The average Bonchev–Trinajstić information content (AvgIpc) is 2.28. The van der Waals surface area contributed by atoms with E-state index in [9.17, 15) is 14.9 Å². The number of aliphatic imine (C=N–C) groups is 1. The molecule has 8 nitrogen and oxygen atoms in total. The maximum absolute atomic E-state index is 11.6. The molecular formula is C13H19N5O3. The molecular weight excluding hydrogens is 274 g/mol. The molecule has 0 spiro atoms. The molecule has 21 heavy (non-hydrogen) atoms. The molecule has 0 heterocycles. The summed E-state index contributed by atoms with van der Waals surface area (Å²) in [5.74, 6) is -0.214. The van der Waals surface area contributed by atoms with E-state index >= 15 is 0 Å².